The van der Waals surface area contributed by atoms with Crippen LogP contribution in [0.25, 0.3) is 16.7 Å². The van der Waals surface area contributed by atoms with Crippen molar-refractivity contribution in [3.8, 4) is 0 Å². The molecule has 158 valence electrons. The number of hydrogen-bond donors (Lipinski definition) is 1. The van der Waals surface area contributed by atoms with Crippen molar-refractivity contribution in [2.75, 3.05) is 26.8 Å². The van der Waals surface area contributed by atoms with Crippen LogP contribution in [0.4, 0.5) is 0 Å². The lowest BCUT2D eigenvalue weighted by molar-refractivity contribution is 0.0694. The number of nitrogens with zero attached hydrogens (tertiary/aromatic N) is 4. The van der Waals surface area contributed by atoms with Crippen molar-refractivity contribution < 1.29 is 9.53 Å². The second kappa shape index (κ2) is 8.02. The average Bonchev–Trinajstić information content (AvgIpc) is 2.74. The standard InChI is InChI=1S/C22H27N5O3/c1-14-6-9-25(10-7-14)21(28)16-13-17-20(26(18(16)23)11-12-30-3)24-19-15(2)5-4-8-27(19)22(17)29/h4-5,8,13-14,23H,6-7,9-12H2,1-3H3. The maximum atomic E-state index is 13.3. The molecular formula is C22H27N5O3. The van der Waals surface area contributed by atoms with Crippen molar-refractivity contribution in [1.29, 1.82) is 5.41 Å². The molecule has 4 heterocycles. The molecule has 0 atom stereocenters. The summed E-state index contributed by atoms with van der Waals surface area (Å²) in [6, 6.07) is 5.24. The summed E-state index contributed by atoms with van der Waals surface area (Å²) in [6.07, 6.45) is 3.58. The van der Waals surface area contributed by atoms with E-state index in [-0.39, 0.29) is 22.5 Å². The van der Waals surface area contributed by atoms with Gasteiger partial charge in [-0.3, -0.25) is 19.4 Å². The predicted molar refractivity (Wildman–Crippen MR) is 114 cm³/mol. The quantitative estimate of drug-likeness (QED) is 0.667. The first-order valence-corrected chi connectivity index (χ1v) is 10.3. The van der Waals surface area contributed by atoms with Crippen LogP contribution in [0.15, 0.2) is 29.2 Å². The number of amides is 1. The van der Waals surface area contributed by atoms with Crippen LogP contribution in [-0.4, -0.2) is 51.6 Å². The summed E-state index contributed by atoms with van der Waals surface area (Å²) in [5.74, 6) is 0.393. The van der Waals surface area contributed by atoms with E-state index in [4.69, 9.17) is 15.1 Å². The van der Waals surface area contributed by atoms with Crippen molar-refractivity contribution in [2.24, 2.45) is 5.92 Å². The Morgan fingerprint density at radius 2 is 2.03 bits per heavy atom. The third kappa shape index (κ3) is 3.41. The number of fused-ring (bicyclic) bond motifs is 2. The summed E-state index contributed by atoms with van der Waals surface area (Å²) in [4.78, 5) is 33.0. The molecule has 8 heteroatoms. The van der Waals surface area contributed by atoms with Crippen molar-refractivity contribution in [3.63, 3.8) is 0 Å². The number of aromatic nitrogens is 3. The number of likely N-dealkylation sites (tertiary alicyclic amines) is 1. The smallest absolute Gasteiger partial charge is 0.267 e. The molecule has 8 nitrogen and oxygen atoms in total. The minimum absolute atomic E-state index is 0.0630. The molecule has 30 heavy (non-hydrogen) atoms. The molecule has 3 aromatic heterocycles. The number of rotatable bonds is 4. The Kier molecular flexibility index (Phi) is 5.42. The molecule has 0 aromatic carbocycles. The second-order valence-corrected chi connectivity index (χ2v) is 8.06. The number of nitrogens with one attached hydrogen (secondary N) is 1. The number of carbonyl (C=O) groups is 1. The van der Waals surface area contributed by atoms with Gasteiger partial charge in [-0.1, -0.05) is 13.0 Å². The van der Waals surface area contributed by atoms with Gasteiger partial charge in [-0.2, -0.15) is 0 Å². The molecule has 1 aliphatic heterocycles. The van der Waals surface area contributed by atoms with Gasteiger partial charge in [-0.25, -0.2) is 4.98 Å². The Hall–Kier alpha value is -3.00. The first-order valence-electron chi connectivity index (χ1n) is 10.3. The van der Waals surface area contributed by atoms with Gasteiger partial charge in [0.1, 0.15) is 16.8 Å². The number of ether oxygens (including phenoxy) is 1. The van der Waals surface area contributed by atoms with Crippen LogP contribution in [0.1, 0.15) is 35.7 Å². The van der Waals surface area contributed by atoms with Crippen LogP contribution in [0, 0.1) is 18.3 Å². The van der Waals surface area contributed by atoms with Crippen molar-refractivity contribution in [2.45, 2.75) is 33.2 Å². The number of hydrogen-bond acceptors (Lipinski definition) is 5. The number of piperidine rings is 1. The lowest BCUT2D eigenvalue weighted by atomic mass is 9.98. The first-order chi connectivity index (χ1) is 14.4. The molecule has 1 N–H and O–H groups in total. The predicted octanol–water partition coefficient (Wildman–Crippen LogP) is 1.96. The summed E-state index contributed by atoms with van der Waals surface area (Å²) < 4.78 is 8.33. The molecule has 1 saturated heterocycles. The molecule has 4 rings (SSSR count). The zero-order chi connectivity index (χ0) is 21.4. The third-order valence-electron chi connectivity index (χ3n) is 5.95. The summed E-state index contributed by atoms with van der Waals surface area (Å²) in [5.41, 5.74) is 1.87. The van der Waals surface area contributed by atoms with Gasteiger partial charge in [-0.05, 0) is 43.4 Å². The highest BCUT2D eigenvalue weighted by atomic mass is 16.5. The zero-order valence-corrected chi connectivity index (χ0v) is 17.6. The Morgan fingerprint density at radius 1 is 1.30 bits per heavy atom. The maximum Gasteiger partial charge on any atom is 0.267 e. The van der Waals surface area contributed by atoms with E-state index in [0.717, 1.165) is 18.4 Å². The van der Waals surface area contributed by atoms with Crippen LogP contribution in [0.5, 0.6) is 0 Å². The highest BCUT2D eigenvalue weighted by molar-refractivity contribution is 5.97. The summed E-state index contributed by atoms with van der Waals surface area (Å²) in [7, 11) is 1.58. The molecule has 0 radical (unpaired) electrons. The SMILES string of the molecule is COCCn1c(=N)c(C(=O)N2CCC(C)CC2)cc2c(=O)n3cccc(C)c3nc21. The van der Waals surface area contributed by atoms with Crippen molar-refractivity contribution >= 4 is 22.6 Å². The number of methoxy groups -OCH3 is 1. The van der Waals surface area contributed by atoms with E-state index in [9.17, 15) is 9.59 Å². The third-order valence-corrected chi connectivity index (χ3v) is 5.95. The van der Waals surface area contributed by atoms with Crippen LogP contribution >= 0.6 is 0 Å². The van der Waals surface area contributed by atoms with Crippen LogP contribution in [0.3, 0.4) is 0 Å². The van der Waals surface area contributed by atoms with Gasteiger partial charge < -0.3 is 14.2 Å². The lowest BCUT2D eigenvalue weighted by Crippen LogP contribution is -2.41. The highest BCUT2D eigenvalue weighted by Gasteiger charge is 2.25. The van der Waals surface area contributed by atoms with Gasteiger partial charge in [-0.15, -0.1) is 0 Å². The summed E-state index contributed by atoms with van der Waals surface area (Å²) >= 11 is 0. The Bertz CT molecular complexity index is 1240. The normalized spacial score (nSPS) is 15.2. The van der Waals surface area contributed by atoms with E-state index < -0.39 is 0 Å². The van der Waals surface area contributed by atoms with E-state index in [1.165, 1.54) is 4.40 Å². The van der Waals surface area contributed by atoms with Crippen molar-refractivity contribution in [1.82, 2.24) is 18.9 Å². The molecule has 1 aliphatic rings. The Balaban J connectivity index is 1.96. The minimum Gasteiger partial charge on any atom is -0.383 e. The van der Waals surface area contributed by atoms with E-state index in [0.29, 0.717) is 48.8 Å². The molecule has 1 fully saturated rings. The van der Waals surface area contributed by atoms with Crippen LogP contribution in [-0.2, 0) is 11.3 Å². The van der Waals surface area contributed by atoms with Gasteiger partial charge in [0.15, 0.2) is 0 Å². The van der Waals surface area contributed by atoms with Crippen LogP contribution < -0.4 is 11.0 Å². The van der Waals surface area contributed by atoms with Gasteiger partial charge in [0.25, 0.3) is 11.5 Å². The highest BCUT2D eigenvalue weighted by Crippen LogP contribution is 2.19. The number of pyridine rings is 2. The zero-order valence-electron chi connectivity index (χ0n) is 17.6. The molecule has 0 saturated carbocycles. The molecule has 0 aliphatic carbocycles. The molecule has 3 aromatic rings. The van der Waals surface area contributed by atoms with E-state index >= 15 is 0 Å². The molecule has 1 amide bonds. The fourth-order valence-electron chi connectivity index (χ4n) is 4.04. The monoisotopic (exact) mass is 409 g/mol. The molecule has 0 spiro atoms. The lowest BCUT2D eigenvalue weighted by Gasteiger charge is -2.30. The maximum absolute atomic E-state index is 13.3. The Labute approximate surface area is 174 Å². The Morgan fingerprint density at radius 3 is 2.73 bits per heavy atom. The molecule has 0 bridgehead atoms. The largest absolute Gasteiger partial charge is 0.383 e. The van der Waals surface area contributed by atoms with E-state index in [1.54, 1.807) is 34.9 Å². The fourth-order valence-corrected chi connectivity index (χ4v) is 4.04. The van der Waals surface area contributed by atoms with Gasteiger partial charge in [0.2, 0.25) is 0 Å². The van der Waals surface area contributed by atoms with Gasteiger partial charge in [0.05, 0.1) is 17.6 Å². The van der Waals surface area contributed by atoms with Gasteiger partial charge >= 0.3 is 0 Å². The van der Waals surface area contributed by atoms with E-state index in [1.807, 2.05) is 13.0 Å². The summed E-state index contributed by atoms with van der Waals surface area (Å²) in [6.45, 7) is 6.10. The van der Waals surface area contributed by atoms with E-state index in [2.05, 4.69) is 6.92 Å². The van der Waals surface area contributed by atoms with Gasteiger partial charge in [0, 0.05) is 32.9 Å². The van der Waals surface area contributed by atoms with Crippen molar-refractivity contribution in [3.05, 3.63) is 51.4 Å². The van der Waals surface area contributed by atoms with Crippen LogP contribution in [0.2, 0.25) is 0 Å². The second-order valence-electron chi connectivity index (χ2n) is 8.06. The average molecular weight is 409 g/mol. The fraction of sp³-hybridized carbons (Fsp3) is 0.455. The first kappa shape index (κ1) is 20.3. The topological polar surface area (TPSA) is 92.7 Å². The summed E-state index contributed by atoms with van der Waals surface area (Å²) in [5, 5.41) is 9.07. The molecular weight excluding hydrogens is 382 g/mol. The molecule has 0 unspecified atom stereocenters. The number of carbonyl (C=O) groups excluding carboxylic acids is 1. The minimum atomic E-state index is -0.244. The number of aryl methyl sites for hydroxylation is 1.